The van der Waals surface area contributed by atoms with Gasteiger partial charge in [-0.3, -0.25) is 4.79 Å². The molecule has 0 aliphatic heterocycles. The van der Waals surface area contributed by atoms with Crippen LogP contribution in [0.5, 0.6) is 0 Å². The molecule has 0 radical (unpaired) electrons. The fourth-order valence-corrected chi connectivity index (χ4v) is 1.85. The molecule has 0 bridgehead atoms. The van der Waals surface area contributed by atoms with E-state index in [1.165, 1.54) is 11.4 Å². The Labute approximate surface area is 80.9 Å². The van der Waals surface area contributed by atoms with Gasteiger partial charge in [0.2, 0.25) is 0 Å². The van der Waals surface area contributed by atoms with Gasteiger partial charge < -0.3 is 0 Å². The second-order valence-electron chi connectivity index (χ2n) is 1.92. The molecule has 0 atom stereocenters. The van der Waals surface area contributed by atoms with Crippen molar-refractivity contribution >= 4 is 40.3 Å². The topological polar surface area (TPSA) is 17.1 Å². The van der Waals surface area contributed by atoms with Crippen molar-refractivity contribution < 1.29 is 13.6 Å². The zero-order chi connectivity index (χ0) is 9.35. The van der Waals surface area contributed by atoms with Gasteiger partial charge >= 0.3 is 5.38 Å². The lowest BCUT2D eigenvalue weighted by atomic mass is 10.3. The molecule has 0 unspecified atom stereocenters. The number of ketones is 1. The summed E-state index contributed by atoms with van der Waals surface area (Å²) >= 11 is 10.8. The maximum absolute atomic E-state index is 12.2. The number of carbonyl (C=O) groups is 1. The first-order valence-corrected chi connectivity index (χ1v) is 4.41. The first kappa shape index (κ1) is 9.89. The number of halogens is 4. The standard InChI is InChI=1S/C6H2Cl2F2OS/c7-3-1-2-12-4(3)5(11)6(8,9)10/h1-2H. The Morgan fingerprint density at radius 2 is 2.17 bits per heavy atom. The molecule has 6 heteroatoms. The lowest BCUT2D eigenvalue weighted by Crippen LogP contribution is -2.20. The number of thiophene rings is 1. The van der Waals surface area contributed by atoms with Gasteiger partial charge in [0.15, 0.2) is 0 Å². The van der Waals surface area contributed by atoms with Crippen LogP contribution in [0.4, 0.5) is 8.78 Å². The maximum atomic E-state index is 12.2. The third-order valence-corrected chi connectivity index (χ3v) is 2.59. The minimum Gasteiger partial charge on any atom is -0.285 e. The van der Waals surface area contributed by atoms with E-state index >= 15 is 0 Å². The van der Waals surface area contributed by atoms with Gasteiger partial charge in [-0.1, -0.05) is 11.6 Å². The molecule has 1 rings (SSSR count). The Morgan fingerprint density at radius 1 is 1.58 bits per heavy atom. The molecule has 0 saturated heterocycles. The molecule has 0 saturated carbocycles. The predicted octanol–water partition coefficient (Wildman–Crippen LogP) is 3.42. The normalized spacial score (nSPS) is 11.7. The molecule has 0 spiro atoms. The molecule has 12 heavy (non-hydrogen) atoms. The van der Waals surface area contributed by atoms with E-state index in [1.54, 1.807) is 0 Å². The molecule has 0 aliphatic carbocycles. The molecular weight excluding hydrogens is 229 g/mol. The summed E-state index contributed by atoms with van der Waals surface area (Å²) in [5, 5.41) is -2.42. The van der Waals surface area contributed by atoms with Gasteiger partial charge in [0, 0.05) is 0 Å². The summed E-state index contributed by atoms with van der Waals surface area (Å²) in [6.45, 7) is 0. The van der Waals surface area contributed by atoms with Crippen LogP contribution in [0.25, 0.3) is 0 Å². The minimum atomic E-state index is -3.87. The smallest absolute Gasteiger partial charge is 0.285 e. The highest BCUT2D eigenvalue weighted by molar-refractivity contribution is 7.13. The van der Waals surface area contributed by atoms with Crippen molar-refractivity contribution in [1.82, 2.24) is 0 Å². The van der Waals surface area contributed by atoms with Crippen LogP contribution >= 0.6 is 34.5 Å². The summed E-state index contributed by atoms with van der Waals surface area (Å²) in [6, 6.07) is 1.36. The fourth-order valence-electron chi connectivity index (χ4n) is 0.584. The van der Waals surface area contributed by atoms with Crippen LogP contribution in [0.15, 0.2) is 11.4 Å². The number of Topliss-reactive ketones (excluding diaryl/α,β-unsaturated/α-hetero) is 1. The molecule has 66 valence electrons. The summed E-state index contributed by atoms with van der Waals surface area (Å²) in [6.07, 6.45) is 0. The number of alkyl halides is 3. The number of hydrogen-bond donors (Lipinski definition) is 0. The van der Waals surface area contributed by atoms with Crippen molar-refractivity contribution in [3.8, 4) is 0 Å². The Morgan fingerprint density at radius 3 is 2.50 bits per heavy atom. The minimum absolute atomic E-state index is 0.00493. The molecule has 0 amide bonds. The third kappa shape index (κ3) is 1.94. The third-order valence-electron chi connectivity index (χ3n) is 1.08. The van der Waals surface area contributed by atoms with E-state index in [-0.39, 0.29) is 9.90 Å². The van der Waals surface area contributed by atoms with E-state index in [0.717, 1.165) is 11.3 Å². The summed E-state index contributed by atoms with van der Waals surface area (Å²) in [5.41, 5.74) is 0. The Hall–Kier alpha value is -0.190. The largest absolute Gasteiger partial charge is 0.385 e. The van der Waals surface area contributed by atoms with Crippen molar-refractivity contribution in [2.75, 3.05) is 0 Å². The Balaban J connectivity index is 3.01. The van der Waals surface area contributed by atoms with Crippen molar-refractivity contribution in [2.24, 2.45) is 0 Å². The summed E-state index contributed by atoms with van der Waals surface area (Å²) in [7, 11) is 0. The fraction of sp³-hybridized carbons (Fsp3) is 0.167. The summed E-state index contributed by atoms with van der Waals surface area (Å²) < 4.78 is 24.4. The maximum Gasteiger partial charge on any atom is 0.385 e. The molecule has 1 heterocycles. The van der Waals surface area contributed by atoms with E-state index in [9.17, 15) is 13.6 Å². The summed E-state index contributed by atoms with van der Waals surface area (Å²) in [5.74, 6) is -1.45. The highest BCUT2D eigenvalue weighted by Crippen LogP contribution is 2.31. The highest BCUT2D eigenvalue weighted by Gasteiger charge is 2.38. The monoisotopic (exact) mass is 230 g/mol. The molecule has 1 aromatic rings. The first-order chi connectivity index (χ1) is 5.43. The van der Waals surface area contributed by atoms with Gasteiger partial charge in [-0.2, -0.15) is 8.78 Å². The van der Waals surface area contributed by atoms with Gasteiger partial charge in [0.25, 0.3) is 5.78 Å². The van der Waals surface area contributed by atoms with Crippen LogP contribution in [0.1, 0.15) is 9.67 Å². The average Bonchev–Trinajstić information content (AvgIpc) is 2.31. The second kappa shape index (κ2) is 3.28. The van der Waals surface area contributed by atoms with Crippen molar-refractivity contribution in [3.05, 3.63) is 21.3 Å². The van der Waals surface area contributed by atoms with Crippen molar-refractivity contribution in [1.29, 1.82) is 0 Å². The SMILES string of the molecule is O=C(c1sccc1Cl)C(F)(F)Cl. The van der Waals surface area contributed by atoms with Crippen LogP contribution in [-0.4, -0.2) is 11.2 Å². The van der Waals surface area contributed by atoms with Crippen LogP contribution in [0.3, 0.4) is 0 Å². The van der Waals surface area contributed by atoms with Gasteiger partial charge in [-0.25, -0.2) is 0 Å². The van der Waals surface area contributed by atoms with Gasteiger partial charge in [-0.15, -0.1) is 11.3 Å². The second-order valence-corrected chi connectivity index (χ2v) is 3.72. The van der Waals surface area contributed by atoms with Crippen LogP contribution in [-0.2, 0) is 0 Å². The molecule has 0 aromatic carbocycles. The Bertz CT molecular complexity index is 305. The number of rotatable bonds is 2. The van der Waals surface area contributed by atoms with E-state index in [1.807, 2.05) is 0 Å². The quantitative estimate of drug-likeness (QED) is 0.563. The zero-order valence-electron chi connectivity index (χ0n) is 5.48. The van der Waals surface area contributed by atoms with Crippen molar-refractivity contribution in [3.63, 3.8) is 0 Å². The molecule has 0 aliphatic rings. The van der Waals surface area contributed by atoms with Crippen LogP contribution in [0, 0.1) is 0 Å². The molecular formula is C6H2Cl2F2OS. The van der Waals surface area contributed by atoms with E-state index in [0.29, 0.717) is 0 Å². The number of carbonyl (C=O) groups excluding carboxylic acids is 1. The lowest BCUT2D eigenvalue weighted by Gasteiger charge is -2.03. The molecule has 0 N–H and O–H groups in total. The number of hydrogen-bond acceptors (Lipinski definition) is 2. The predicted molar refractivity (Wildman–Crippen MR) is 44.5 cm³/mol. The van der Waals surface area contributed by atoms with E-state index < -0.39 is 11.2 Å². The molecule has 0 fully saturated rings. The molecule has 1 nitrogen and oxygen atoms in total. The lowest BCUT2D eigenvalue weighted by molar-refractivity contribution is 0.0541. The van der Waals surface area contributed by atoms with Crippen LogP contribution in [0.2, 0.25) is 5.02 Å². The molecule has 1 aromatic heterocycles. The van der Waals surface area contributed by atoms with E-state index in [4.69, 9.17) is 11.6 Å². The van der Waals surface area contributed by atoms with Crippen LogP contribution < -0.4 is 0 Å². The van der Waals surface area contributed by atoms with Gasteiger partial charge in [-0.05, 0) is 23.0 Å². The van der Waals surface area contributed by atoms with Gasteiger partial charge in [0.1, 0.15) is 0 Å². The van der Waals surface area contributed by atoms with Gasteiger partial charge in [0.05, 0.1) is 9.90 Å². The highest BCUT2D eigenvalue weighted by atomic mass is 35.5. The van der Waals surface area contributed by atoms with Crippen molar-refractivity contribution in [2.45, 2.75) is 5.38 Å². The van der Waals surface area contributed by atoms with E-state index in [2.05, 4.69) is 11.6 Å². The average molecular weight is 231 g/mol. The Kier molecular flexibility index (Phi) is 2.70. The zero-order valence-corrected chi connectivity index (χ0v) is 7.81. The summed E-state index contributed by atoms with van der Waals surface area (Å²) in [4.78, 5) is 10.6. The first-order valence-electron chi connectivity index (χ1n) is 2.77.